The summed E-state index contributed by atoms with van der Waals surface area (Å²) < 4.78 is 7.55. The zero-order valence-electron chi connectivity index (χ0n) is 12.4. The van der Waals surface area contributed by atoms with E-state index in [0.29, 0.717) is 27.9 Å². The average molecular weight is 317 g/mol. The van der Waals surface area contributed by atoms with Gasteiger partial charge in [0.25, 0.3) is 5.56 Å². The monoisotopic (exact) mass is 317 g/mol. The van der Waals surface area contributed by atoms with Gasteiger partial charge in [-0.15, -0.1) is 0 Å². The number of nitrogens with zero attached hydrogens (tertiary/aromatic N) is 3. The molecule has 0 saturated heterocycles. The van der Waals surface area contributed by atoms with Crippen molar-refractivity contribution in [3.05, 3.63) is 76.4 Å². The summed E-state index contributed by atoms with van der Waals surface area (Å²) >= 11 is 0. The number of aliphatic hydroxyl groups excluding tert-OH is 1. The predicted octanol–water partition coefficient (Wildman–Crippen LogP) is 2.87. The maximum Gasteiger partial charge on any atom is 0.281 e. The molecule has 6 nitrogen and oxygen atoms in total. The van der Waals surface area contributed by atoms with Gasteiger partial charge in [-0.05, 0) is 24.3 Å². The Bertz CT molecular complexity index is 1180. The predicted molar refractivity (Wildman–Crippen MR) is 88.7 cm³/mol. The number of oxazole rings is 1. The van der Waals surface area contributed by atoms with Gasteiger partial charge >= 0.3 is 0 Å². The Morgan fingerprint density at radius 2 is 1.83 bits per heavy atom. The highest BCUT2D eigenvalue weighted by Crippen LogP contribution is 2.33. The molecule has 0 radical (unpaired) electrons. The summed E-state index contributed by atoms with van der Waals surface area (Å²) in [4.78, 5) is 20.9. The Balaban J connectivity index is 1.80. The third-order valence-electron chi connectivity index (χ3n) is 4.22. The van der Waals surface area contributed by atoms with Crippen molar-refractivity contribution >= 4 is 27.6 Å². The van der Waals surface area contributed by atoms with Crippen molar-refractivity contribution < 1.29 is 9.52 Å². The molecule has 116 valence electrons. The average Bonchev–Trinajstić information content (AvgIpc) is 3.15. The number of aliphatic hydroxyl groups is 1. The summed E-state index contributed by atoms with van der Waals surface area (Å²) in [6, 6.07) is 14.6. The van der Waals surface area contributed by atoms with E-state index in [-0.39, 0.29) is 23.8 Å². The highest BCUT2D eigenvalue weighted by molar-refractivity contribution is 5.86. The number of aromatic nitrogens is 3. The van der Waals surface area contributed by atoms with E-state index in [1.165, 1.54) is 0 Å². The van der Waals surface area contributed by atoms with Crippen molar-refractivity contribution in [2.75, 3.05) is 0 Å². The maximum absolute atomic E-state index is 12.3. The van der Waals surface area contributed by atoms with Crippen LogP contribution in [0.1, 0.15) is 11.7 Å². The molecule has 0 amide bonds. The van der Waals surface area contributed by atoms with Crippen LogP contribution in [0.15, 0.2) is 63.5 Å². The topological polar surface area (TPSA) is 81.2 Å². The molecular weight excluding hydrogens is 306 g/mol. The zero-order valence-corrected chi connectivity index (χ0v) is 12.4. The molecule has 1 N–H and O–H groups in total. The molecule has 0 atom stereocenters. The van der Waals surface area contributed by atoms with E-state index in [2.05, 4.69) is 9.97 Å². The van der Waals surface area contributed by atoms with Crippen LogP contribution in [0.4, 0.5) is 0 Å². The third-order valence-corrected chi connectivity index (χ3v) is 4.22. The summed E-state index contributed by atoms with van der Waals surface area (Å²) in [5.74, 6) is 0.731. The number of para-hydroxylation sites is 3. The van der Waals surface area contributed by atoms with Crippen LogP contribution in [0.3, 0.4) is 0 Å². The Hall–Kier alpha value is -3.41. The van der Waals surface area contributed by atoms with E-state index in [4.69, 9.17) is 4.42 Å². The SMILES string of the molecule is O=c1nc2n(c3ccccc13)CC(O)=C2c1nc2ccccc2o1. The summed E-state index contributed by atoms with van der Waals surface area (Å²) in [6.45, 7) is 0.233. The molecule has 0 unspecified atom stereocenters. The first-order valence-electron chi connectivity index (χ1n) is 7.50. The fourth-order valence-electron chi connectivity index (χ4n) is 3.13. The van der Waals surface area contributed by atoms with Gasteiger partial charge in [0, 0.05) is 0 Å². The summed E-state index contributed by atoms with van der Waals surface area (Å²) in [6.07, 6.45) is 0. The maximum atomic E-state index is 12.3. The zero-order chi connectivity index (χ0) is 16.3. The molecule has 4 aromatic rings. The molecule has 0 saturated carbocycles. The summed E-state index contributed by atoms with van der Waals surface area (Å²) in [7, 11) is 0. The van der Waals surface area contributed by atoms with E-state index < -0.39 is 0 Å². The molecular formula is C18H11N3O3. The van der Waals surface area contributed by atoms with Crippen LogP contribution in [-0.4, -0.2) is 19.6 Å². The van der Waals surface area contributed by atoms with E-state index in [1.54, 1.807) is 22.8 Å². The van der Waals surface area contributed by atoms with E-state index >= 15 is 0 Å². The van der Waals surface area contributed by atoms with Crippen LogP contribution < -0.4 is 5.56 Å². The molecule has 2 aromatic heterocycles. The first-order chi connectivity index (χ1) is 11.7. The number of fused-ring (bicyclic) bond motifs is 4. The van der Waals surface area contributed by atoms with Gasteiger partial charge in [0.1, 0.15) is 16.8 Å². The van der Waals surface area contributed by atoms with E-state index in [9.17, 15) is 9.90 Å². The van der Waals surface area contributed by atoms with Gasteiger partial charge in [-0.25, -0.2) is 4.98 Å². The van der Waals surface area contributed by atoms with Crippen molar-refractivity contribution in [2.45, 2.75) is 6.54 Å². The van der Waals surface area contributed by atoms with Gasteiger partial charge in [0.05, 0.1) is 17.4 Å². The van der Waals surface area contributed by atoms with Gasteiger partial charge in [-0.3, -0.25) is 4.79 Å². The third kappa shape index (κ3) is 1.68. The van der Waals surface area contributed by atoms with Crippen LogP contribution in [0, 0.1) is 0 Å². The van der Waals surface area contributed by atoms with Crippen LogP contribution in [0.5, 0.6) is 0 Å². The van der Waals surface area contributed by atoms with Gasteiger partial charge in [0.2, 0.25) is 5.89 Å². The van der Waals surface area contributed by atoms with Crippen LogP contribution in [0.2, 0.25) is 0 Å². The van der Waals surface area contributed by atoms with Crippen LogP contribution in [0.25, 0.3) is 27.6 Å². The number of allylic oxidation sites excluding steroid dienone is 1. The highest BCUT2D eigenvalue weighted by atomic mass is 16.3. The minimum atomic E-state index is -0.333. The van der Waals surface area contributed by atoms with E-state index in [1.807, 2.05) is 30.3 Å². The first-order valence-corrected chi connectivity index (χ1v) is 7.50. The molecule has 0 fully saturated rings. The standard InChI is InChI=1S/C18H11N3O3/c22-13-9-21-12-7-3-1-5-10(12)17(23)20-16(21)15(13)18-19-11-6-2-4-8-14(11)24-18/h1-8,22H,9H2. The summed E-state index contributed by atoms with van der Waals surface area (Å²) in [5.41, 5.74) is 2.07. The number of rotatable bonds is 1. The fraction of sp³-hybridized carbons (Fsp3) is 0.0556. The van der Waals surface area contributed by atoms with Crippen molar-refractivity contribution in [2.24, 2.45) is 0 Å². The second kappa shape index (κ2) is 4.55. The quantitative estimate of drug-likeness (QED) is 0.584. The molecule has 5 rings (SSSR count). The minimum Gasteiger partial charge on any atom is -0.509 e. The van der Waals surface area contributed by atoms with Crippen molar-refractivity contribution in [1.29, 1.82) is 0 Å². The van der Waals surface area contributed by atoms with Gasteiger partial charge in [-0.1, -0.05) is 24.3 Å². The Morgan fingerprint density at radius 3 is 2.71 bits per heavy atom. The lowest BCUT2D eigenvalue weighted by Gasteiger charge is -2.08. The molecule has 1 aliphatic heterocycles. The highest BCUT2D eigenvalue weighted by Gasteiger charge is 2.29. The molecule has 0 spiro atoms. The smallest absolute Gasteiger partial charge is 0.281 e. The molecule has 3 heterocycles. The molecule has 24 heavy (non-hydrogen) atoms. The molecule has 6 heteroatoms. The second-order valence-electron chi connectivity index (χ2n) is 5.65. The van der Waals surface area contributed by atoms with Crippen molar-refractivity contribution in [3.63, 3.8) is 0 Å². The Labute approximate surface area is 135 Å². The minimum absolute atomic E-state index is 0.0878. The van der Waals surface area contributed by atoms with Gasteiger partial charge < -0.3 is 14.1 Å². The van der Waals surface area contributed by atoms with Crippen molar-refractivity contribution in [3.8, 4) is 0 Å². The van der Waals surface area contributed by atoms with Crippen LogP contribution >= 0.6 is 0 Å². The number of benzene rings is 2. The molecule has 0 bridgehead atoms. The Kier molecular flexibility index (Phi) is 2.48. The number of hydrogen-bond acceptors (Lipinski definition) is 5. The lowest BCUT2D eigenvalue weighted by Crippen LogP contribution is -2.15. The van der Waals surface area contributed by atoms with Gasteiger partial charge in [0.15, 0.2) is 11.4 Å². The second-order valence-corrected chi connectivity index (χ2v) is 5.65. The lowest BCUT2D eigenvalue weighted by atomic mass is 10.2. The molecule has 2 aromatic carbocycles. The summed E-state index contributed by atoms with van der Waals surface area (Å²) in [5, 5.41) is 11.0. The normalized spacial score (nSPS) is 13.8. The lowest BCUT2D eigenvalue weighted by molar-refractivity contribution is 0.388. The fourth-order valence-corrected chi connectivity index (χ4v) is 3.13. The van der Waals surface area contributed by atoms with E-state index in [0.717, 1.165) is 5.52 Å². The largest absolute Gasteiger partial charge is 0.509 e. The number of hydrogen-bond donors (Lipinski definition) is 1. The van der Waals surface area contributed by atoms with Gasteiger partial charge in [-0.2, -0.15) is 4.98 Å². The molecule has 1 aliphatic rings. The molecule has 0 aliphatic carbocycles. The van der Waals surface area contributed by atoms with Crippen molar-refractivity contribution in [1.82, 2.24) is 14.5 Å². The Morgan fingerprint density at radius 1 is 1.04 bits per heavy atom. The first kappa shape index (κ1) is 13.1. The van der Waals surface area contributed by atoms with Crippen LogP contribution in [-0.2, 0) is 6.54 Å².